The highest BCUT2D eigenvalue weighted by Gasteiger charge is 1.99. The summed E-state index contributed by atoms with van der Waals surface area (Å²) in [4.78, 5) is 14.2. The van der Waals surface area contributed by atoms with Crippen LogP contribution in [0.4, 0.5) is 0 Å². The third-order valence-corrected chi connectivity index (χ3v) is 0.862. The summed E-state index contributed by atoms with van der Waals surface area (Å²) in [6.45, 7) is 3.38. The third-order valence-electron chi connectivity index (χ3n) is 0.862. The Balaban J connectivity index is 3.83. The molecule has 0 aromatic carbocycles. The average molecular weight is 115 g/mol. The molecule has 0 saturated heterocycles. The van der Waals surface area contributed by atoms with Crippen LogP contribution in [-0.2, 0) is 9.63 Å². The lowest BCUT2D eigenvalue weighted by molar-refractivity contribution is -0.139. The van der Waals surface area contributed by atoms with E-state index in [2.05, 4.69) is 10.7 Å². The zero-order valence-electron chi connectivity index (χ0n) is 4.97. The van der Waals surface area contributed by atoms with Gasteiger partial charge >= 0.3 is 5.97 Å². The van der Waals surface area contributed by atoms with E-state index in [1.54, 1.807) is 19.9 Å². The Morgan fingerprint density at radius 2 is 2.25 bits per heavy atom. The quantitative estimate of drug-likeness (QED) is 0.396. The highest BCUT2D eigenvalue weighted by molar-refractivity contribution is 5.87. The Hall–Kier alpha value is -0.830. The van der Waals surface area contributed by atoms with Crippen molar-refractivity contribution in [3.05, 3.63) is 11.6 Å². The molecule has 0 unspecified atom stereocenters. The fourth-order valence-corrected chi connectivity index (χ4v) is 0.211. The normalized spacial score (nSPS) is 11.1. The monoisotopic (exact) mass is 115 g/mol. The van der Waals surface area contributed by atoms with Gasteiger partial charge in [-0.1, -0.05) is 6.08 Å². The number of carbonyl (C=O) groups excluding carboxylic acids is 1. The summed E-state index contributed by atoms with van der Waals surface area (Å²) in [6.07, 6.45) is 1.63. The number of hydrogen-bond acceptors (Lipinski definition) is 3. The molecule has 0 fully saturated rings. The van der Waals surface area contributed by atoms with Crippen LogP contribution < -0.4 is 5.90 Å². The minimum absolute atomic E-state index is 0.479. The first-order valence-electron chi connectivity index (χ1n) is 2.26. The summed E-state index contributed by atoms with van der Waals surface area (Å²) < 4.78 is 0. The van der Waals surface area contributed by atoms with Crippen LogP contribution >= 0.6 is 0 Å². The Morgan fingerprint density at radius 1 is 1.75 bits per heavy atom. The molecule has 3 nitrogen and oxygen atoms in total. The molecule has 0 aromatic rings. The molecule has 2 N–H and O–H groups in total. The van der Waals surface area contributed by atoms with Crippen molar-refractivity contribution in [1.29, 1.82) is 0 Å². The van der Waals surface area contributed by atoms with Crippen LogP contribution in [-0.4, -0.2) is 5.97 Å². The summed E-state index contributed by atoms with van der Waals surface area (Å²) in [5.74, 6) is 4.08. The van der Waals surface area contributed by atoms with Crippen molar-refractivity contribution >= 4 is 5.97 Å². The number of rotatable bonds is 1. The molecule has 0 rings (SSSR count). The lowest BCUT2D eigenvalue weighted by atomic mass is 10.3. The fourth-order valence-electron chi connectivity index (χ4n) is 0.211. The van der Waals surface area contributed by atoms with Crippen molar-refractivity contribution in [2.24, 2.45) is 5.90 Å². The van der Waals surface area contributed by atoms with Gasteiger partial charge in [-0.05, 0) is 13.8 Å². The first-order chi connectivity index (χ1) is 3.72. The van der Waals surface area contributed by atoms with Gasteiger partial charge in [-0.25, -0.2) is 4.79 Å². The van der Waals surface area contributed by atoms with Crippen molar-refractivity contribution < 1.29 is 9.63 Å². The van der Waals surface area contributed by atoms with Crippen LogP contribution in [0.3, 0.4) is 0 Å². The first-order valence-corrected chi connectivity index (χ1v) is 2.26. The molecule has 0 saturated carbocycles. The molecule has 0 aliphatic rings. The smallest absolute Gasteiger partial charge is 0.351 e. The van der Waals surface area contributed by atoms with Gasteiger partial charge < -0.3 is 4.84 Å². The average Bonchev–Trinajstić information content (AvgIpc) is 1.84. The van der Waals surface area contributed by atoms with E-state index in [1.165, 1.54) is 0 Å². The van der Waals surface area contributed by atoms with Crippen molar-refractivity contribution in [3.8, 4) is 0 Å². The van der Waals surface area contributed by atoms with Crippen molar-refractivity contribution in [2.45, 2.75) is 13.8 Å². The van der Waals surface area contributed by atoms with E-state index in [1.807, 2.05) is 0 Å². The second-order valence-electron chi connectivity index (χ2n) is 1.38. The van der Waals surface area contributed by atoms with E-state index in [0.717, 1.165) is 0 Å². The zero-order chi connectivity index (χ0) is 6.57. The van der Waals surface area contributed by atoms with Gasteiger partial charge in [0.05, 0.1) is 0 Å². The zero-order valence-corrected chi connectivity index (χ0v) is 4.97. The van der Waals surface area contributed by atoms with E-state index in [-0.39, 0.29) is 0 Å². The minimum Gasteiger partial charge on any atom is -0.370 e. The van der Waals surface area contributed by atoms with Crippen molar-refractivity contribution in [3.63, 3.8) is 0 Å². The maximum absolute atomic E-state index is 10.3. The molecule has 0 heterocycles. The number of hydrogen-bond donors (Lipinski definition) is 1. The summed E-state index contributed by atoms with van der Waals surface area (Å²) in [5, 5.41) is 0. The van der Waals surface area contributed by atoms with Crippen LogP contribution in [0.15, 0.2) is 11.6 Å². The standard InChI is InChI=1S/C5H9NO2/c1-3-4(2)5(7)8-6/h3H,6H2,1-2H3. The number of allylic oxidation sites excluding steroid dienone is 1. The van der Waals surface area contributed by atoms with Gasteiger partial charge in [0.15, 0.2) is 0 Å². The lowest BCUT2D eigenvalue weighted by Gasteiger charge is -1.92. The molecule has 0 aromatic heterocycles. The SMILES string of the molecule is CC=C(C)C(=O)ON. The second-order valence-corrected chi connectivity index (χ2v) is 1.38. The largest absolute Gasteiger partial charge is 0.370 e. The molecule has 0 atom stereocenters. The van der Waals surface area contributed by atoms with E-state index in [9.17, 15) is 4.79 Å². The molecule has 46 valence electrons. The van der Waals surface area contributed by atoms with Gasteiger partial charge in [0.1, 0.15) is 0 Å². The molecule has 3 heteroatoms. The maximum atomic E-state index is 10.3. The topological polar surface area (TPSA) is 52.3 Å². The molecule has 8 heavy (non-hydrogen) atoms. The maximum Gasteiger partial charge on any atom is 0.351 e. The molecule has 0 spiro atoms. The minimum atomic E-state index is -0.479. The van der Waals surface area contributed by atoms with E-state index < -0.39 is 5.97 Å². The van der Waals surface area contributed by atoms with Crippen LogP contribution in [0, 0.1) is 0 Å². The van der Waals surface area contributed by atoms with Crippen LogP contribution in [0.2, 0.25) is 0 Å². The summed E-state index contributed by atoms with van der Waals surface area (Å²) in [7, 11) is 0. The Kier molecular flexibility index (Phi) is 2.88. The number of nitrogens with two attached hydrogens (primary N) is 1. The molecule has 0 radical (unpaired) electrons. The van der Waals surface area contributed by atoms with Crippen LogP contribution in [0.1, 0.15) is 13.8 Å². The second kappa shape index (κ2) is 3.21. The van der Waals surface area contributed by atoms with Crippen LogP contribution in [0.5, 0.6) is 0 Å². The highest BCUT2D eigenvalue weighted by Crippen LogP contribution is 1.91. The van der Waals surface area contributed by atoms with Gasteiger partial charge in [-0.2, -0.15) is 5.90 Å². The third kappa shape index (κ3) is 1.75. The molecule has 0 amide bonds. The van der Waals surface area contributed by atoms with Crippen molar-refractivity contribution in [1.82, 2.24) is 0 Å². The summed E-state index contributed by atoms with van der Waals surface area (Å²) in [6, 6.07) is 0. The predicted molar refractivity (Wildman–Crippen MR) is 29.7 cm³/mol. The summed E-state index contributed by atoms with van der Waals surface area (Å²) >= 11 is 0. The molecular weight excluding hydrogens is 106 g/mol. The Morgan fingerprint density at radius 3 is 2.38 bits per heavy atom. The van der Waals surface area contributed by atoms with E-state index in [0.29, 0.717) is 5.57 Å². The predicted octanol–water partition coefficient (Wildman–Crippen LogP) is 0.370. The highest BCUT2D eigenvalue weighted by atomic mass is 16.7. The van der Waals surface area contributed by atoms with Gasteiger partial charge in [0, 0.05) is 5.57 Å². The van der Waals surface area contributed by atoms with E-state index >= 15 is 0 Å². The fraction of sp³-hybridized carbons (Fsp3) is 0.400. The van der Waals surface area contributed by atoms with Gasteiger partial charge in [0.25, 0.3) is 0 Å². The summed E-state index contributed by atoms with van der Waals surface area (Å²) in [5.41, 5.74) is 0.521. The lowest BCUT2D eigenvalue weighted by Crippen LogP contribution is -2.10. The van der Waals surface area contributed by atoms with E-state index in [4.69, 9.17) is 0 Å². The van der Waals surface area contributed by atoms with Gasteiger partial charge in [-0.3, -0.25) is 0 Å². The molecular formula is C5H9NO2. The Labute approximate surface area is 48.1 Å². The van der Waals surface area contributed by atoms with Gasteiger partial charge in [0.2, 0.25) is 0 Å². The van der Waals surface area contributed by atoms with Gasteiger partial charge in [-0.15, -0.1) is 0 Å². The number of carbonyl (C=O) groups is 1. The van der Waals surface area contributed by atoms with Crippen LogP contribution in [0.25, 0.3) is 0 Å². The molecule has 0 bridgehead atoms. The molecule has 0 aliphatic carbocycles. The van der Waals surface area contributed by atoms with Crippen molar-refractivity contribution in [2.75, 3.05) is 0 Å². The Bertz CT molecular complexity index is 118. The first kappa shape index (κ1) is 7.17. The molecule has 0 aliphatic heterocycles.